The summed E-state index contributed by atoms with van der Waals surface area (Å²) < 4.78 is 0. The molecule has 0 saturated carbocycles. The van der Waals surface area contributed by atoms with Gasteiger partial charge in [0.2, 0.25) is 0 Å². The van der Waals surface area contributed by atoms with E-state index < -0.39 is 5.72 Å². The lowest BCUT2D eigenvalue weighted by Gasteiger charge is -2.12. The number of nitrogens with zero attached hydrogens (tertiary/aromatic N) is 2. The molecule has 68 valence electrons. The Labute approximate surface area is 85.7 Å². The van der Waals surface area contributed by atoms with E-state index in [1.807, 2.05) is 24.3 Å². The third kappa shape index (κ3) is 0.796. The Morgan fingerprint density at radius 3 is 3.00 bits per heavy atom. The van der Waals surface area contributed by atoms with Crippen molar-refractivity contribution in [3.63, 3.8) is 0 Å². The summed E-state index contributed by atoms with van der Waals surface area (Å²) in [6.45, 7) is 0. The largest absolute Gasteiger partial charge is 0.297 e. The van der Waals surface area contributed by atoms with E-state index in [-0.39, 0.29) is 0 Å². The summed E-state index contributed by atoms with van der Waals surface area (Å²) in [5.74, 6) is 0. The van der Waals surface area contributed by atoms with Crippen LogP contribution in [0.5, 0.6) is 0 Å². The molecule has 2 aliphatic rings. The molecule has 3 rings (SSSR count). The van der Waals surface area contributed by atoms with E-state index in [1.165, 1.54) is 0 Å². The number of fused-ring (bicyclic) bond motifs is 3. The minimum Gasteiger partial charge on any atom is -0.218 e. The van der Waals surface area contributed by atoms with Crippen molar-refractivity contribution in [2.45, 2.75) is 5.72 Å². The SMILES string of the molecule is N#CC12C=C(Cl)c3ccccc3N1O2. The van der Waals surface area contributed by atoms with Gasteiger partial charge in [-0.3, -0.25) is 0 Å². The summed E-state index contributed by atoms with van der Waals surface area (Å²) >= 11 is 6.04. The highest BCUT2D eigenvalue weighted by molar-refractivity contribution is 6.49. The topological polar surface area (TPSA) is 39.3 Å². The molecule has 1 saturated heterocycles. The molecule has 1 atom stereocenters. The van der Waals surface area contributed by atoms with Crippen molar-refractivity contribution in [2.24, 2.45) is 0 Å². The molecule has 0 N–H and O–H groups in total. The lowest BCUT2D eigenvalue weighted by Crippen LogP contribution is -2.16. The third-order valence-electron chi connectivity index (χ3n) is 2.36. The first-order valence-electron chi connectivity index (χ1n) is 4.15. The van der Waals surface area contributed by atoms with Gasteiger partial charge in [-0.15, -0.1) is 0 Å². The number of hydrogen-bond acceptors (Lipinski definition) is 3. The van der Waals surface area contributed by atoms with Gasteiger partial charge in [0, 0.05) is 11.6 Å². The highest BCUT2D eigenvalue weighted by Gasteiger charge is 2.58. The number of nitriles is 1. The Morgan fingerprint density at radius 2 is 2.21 bits per heavy atom. The van der Waals surface area contributed by atoms with Crippen LogP contribution in [-0.4, -0.2) is 5.72 Å². The molecule has 0 radical (unpaired) electrons. The first-order valence-corrected chi connectivity index (χ1v) is 4.53. The smallest absolute Gasteiger partial charge is 0.218 e. The van der Waals surface area contributed by atoms with E-state index in [9.17, 15) is 0 Å². The zero-order valence-electron chi connectivity index (χ0n) is 7.07. The number of para-hydroxylation sites is 1. The van der Waals surface area contributed by atoms with Crippen LogP contribution >= 0.6 is 11.6 Å². The van der Waals surface area contributed by atoms with Crippen molar-refractivity contribution < 1.29 is 4.84 Å². The average Bonchev–Trinajstić information content (AvgIpc) is 2.94. The Morgan fingerprint density at radius 1 is 1.43 bits per heavy atom. The molecule has 0 bridgehead atoms. The molecule has 1 unspecified atom stereocenters. The van der Waals surface area contributed by atoms with Crippen LogP contribution in [0.2, 0.25) is 0 Å². The fourth-order valence-electron chi connectivity index (χ4n) is 1.63. The first-order chi connectivity index (χ1) is 6.77. The number of rotatable bonds is 0. The number of hydrogen-bond donors (Lipinski definition) is 0. The molecule has 2 heterocycles. The Hall–Kier alpha value is -1.50. The maximum Gasteiger partial charge on any atom is 0.297 e. The second kappa shape index (κ2) is 2.30. The minimum absolute atomic E-state index is 0.566. The summed E-state index contributed by atoms with van der Waals surface area (Å²) in [4.78, 5) is 5.22. The Bertz CT molecular complexity index is 491. The normalized spacial score (nSPS) is 27.1. The van der Waals surface area contributed by atoms with E-state index in [2.05, 4.69) is 6.07 Å². The van der Waals surface area contributed by atoms with Gasteiger partial charge in [0.25, 0.3) is 5.72 Å². The molecular weight excluding hydrogens is 200 g/mol. The quantitative estimate of drug-likeness (QED) is 0.609. The summed E-state index contributed by atoms with van der Waals surface area (Å²) in [6, 6.07) is 9.64. The van der Waals surface area contributed by atoms with Crippen LogP contribution in [0, 0.1) is 11.3 Å². The summed E-state index contributed by atoms with van der Waals surface area (Å²) in [7, 11) is 0. The second-order valence-corrected chi connectivity index (χ2v) is 3.61. The van der Waals surface area contributed by atoms with Gasteiger partial charge in [0.15, 0.2) is 0 Å². The van der Waals surface area contributed by atoms with Crippen molar-refractivity contribution in [2.75, 3.05) is 5.06 Å². The van der Waals surface area contributed by atoms with Crippen LogP contribution in [-0.2, 0) is 4.84 Å². The molecule has 2 aliphatic heterocycles. The standard InChI is InChI=1S/C10H5ClN2O/c11-8-5-10(6-12)13(14-10)9-4-2-1-3-7(8)9/h1-5H. The zero-order chi connectivity index (χ0) is 9.76. The van der Waals surface area contributed by atoms with Gasteiger partial charge in [-0.2, -0.15) is 10.3 Å². The predicted molar refractivity (Wildman–Crippen MR) is 52.2 cm³/mol. The van der Waals surface area contributed by atoms with Gasteiger partial charge in [0.05, 0.1) is 10.7 Å². The van der Waals surface area contributed by atoms with Gasteiger partial charge < -0.3 is 0 Å². The third-order valence-corrected chi connectivity index (χ3v) is 2.68. The maximum atomic E-state index is 8.92. The van der Waals surface area contributed by atoms with E-state index in [0.717, 1.165) is 11.3 Å². The van der Waals surface area contributed by atoms with Crippen LogP contribution in [0.15, 0.2) is 30.3 Å². The predicted octanol–water partition coefficient (Wildman–Crippen LogP) is 2.25. The van der Waals surface area contributed by atoms with Gasteiger partial charge in [-0.25, -0.2) is 4.84 Å². The van der Waals surface area contributed by atoms with Gasteiger partial charge in [-0.1, -0.05) is 29.8 Å². The monoisotopic (exact) mass is 204 g/mol. The number of halogens is 1. The van der Waals surface area contributed by atoms with Gasteiger partial charge in [0.1, 0.15) is 6.07 Å². The number of anilines is 1. The Kier molecular flexibility index (Phi) is 1.29. The van der Waals surface area contributed by atoms with Crippen LogP contribution in [0.1, 0.15) is 5.56 Å². The molecule has 14 heavy (non-hydrogen) atoms. The molecule has 1 aromatic rings. The highest BCUT2D eigenvalue weighted by Crippen LogP contribution is 2.50. The average molecular weight is 205 g/mol. The van der Waals surface area contributed by atoms with E-state index in [1.54, 1.807) is 11.1 Å². The van der Waals surface area contributed by atoms with Gasteiger partial charge in [-0.05, 0) is 6.07 Å². The van der Waals surface area contributed by atoms with E-state index >= 15 is 0 Å². The zero-order valence-corrected chi connectivity index (χ0v) is 7.82. The van der Waals surface area contributed by atoms with E-state index in [4.69, 9.17) is 21.7 Å². The summed E-state index contributed by atoms with van der Waals surface area (Å²) in [6.07, 6.45) is 1.62. The van der Waals surface area contributed by atoms with Crippen LogP contribution in [0.25, 0.3) is 5.03 Å². The van der Waals surface area contributed by atoms with Crippen LogP contribution in [0.3, 0.4) is 0 Å². The molecule has 1 aromatic carbocycles. The lowest BCUT2D eigenvalue weighted by atomic mass is 10.1. The molecule has 1 fully saturated rings. The van der Waals surface area contributed by atoms with Crippen molar-refractivity contribution >= 4 is 22.3 Å². The van der Waals surface area contributed by atoms with E-state index in [0.29, 0.717) is 5.03 Å². The first kappa shape index (κ1) is 7.86. The van der Waals surface area contributed by atoms with Crippen LogP contribution < -0.4 is 5.06 Å². The molecule has 3 nitrogen and oxygen atoms in total. The molecule has 0 amide bonds. The second-order valence-electron chi connectivity index (χ2n) is 3.20. The lowest BCUT2D eigenvalue weighted by molar-refractivity contribution is 0.388. The maximum absolute atomic E-state index is 8.92. The summed E-state index contributed by atoms with van der Waals surface area (Å²) in [5.41, 5.74) is 0.796. The van der Waals surface area contributed by atoms with Gasteiger partial charge >= 0.3 is 0 Å². The molecule has 0 aromatic heterocycles. The molecule has 4 heteroatoms. The fraction of sp³-hybridized carbons (Fsp3) is 0.100. The van der Waals surface area contributed by atoms with Crippen molar-refractivity contribution in [3.8, 4) is 6.07 Å². The fourth-order valence-corrected chi connectivity index (χ4v) is 1.94. The molecule has 0 spiro atoms. The van der Waals surface area contributed by atoms with Crippen LogP contribution in [0.4, 0.5) is 5.69 Å². The number of hydroxylamine groups is 1. The van der Waals surface area contributed by atoms with Crippen molar-refractivity contribution in [3.05, 3.63) is 35.9 Å². The summed E-state index contributed by atoms with van der Waals surface area (Å²) in [5, 5.41) is 11.0. The van der Waals surface area contributed by atoms with Crippen molar-refractivity contribution in [1.29, 1.82) is 5.26 Å². The molecular formula is C10H5ClN2O. The number of benzene rings is 1. The molecule has 0 aliphatic carbocycles. The van der Waals surface area contributed by atoms with Crippen molar-refractivity contribution in [1.82, 2.24) is 0 Å². The highest BCUT2D eigenvalue weighted by atomic mass is 35.5. The minimum atomic E-state index is -0.953. The Balaban J connectivity index is 2.24.